The number of esters is 1. The van der Waals surface area contributed by atoms with Crippen LogP contribution < -0.4 is 14.2 Å². The Morgan fingerprint density at radius 3 is 2.71 bits per heavy atom. The van der Waals surface area contributed by atoms with Crippen LogP contribution in [0.1, 0.15) is 42.0 Å². The van der Waals surface area contributed by atoms with Crippen molar-refractivity contribution in [2.75, 3.05) is 13.7 Å². The molecule has 8 heteroatoms. The standard InChI is InChI=1S/C26H26N4O4/c1-18-7-10-21(11-8-18)33-17-25(31)34-22-12-9-19(15-23(22)32-2)14-20(16-27)26-29-28-24-6-4-3-5-13-30(24)26/h7-12,14-15H,3-6,13,17H2,1-2H3/b20-14+. The van der Waals surface area contributed by atoms with Crippen LogP contribution in [0.25, 0.3) is 11.6 Å². The summed E-state index contributed by atoms with van der Waals surface area (Å²) in [5.41, 5.74) is 2.24. The van der Waals surface area contributed by atoms with E-state index in [1.54, 1.807) is 36.4 Å². The maximum absolute atomic E-state index is 12.3. The number of aryl methyl sites for hydroxylation is 2. The molecule has 1 aliphatic rings. The monoisotopic (exact) mass is 458 g/mol. The first-order valence-corrected chi connectivity index (χ1v) is 11.2. The minimum absolute atomic E-state index is 0.232. The van der Waals surface area contributed by atoms with Crippen molar-refractivity contribution in [2.24, 2.45) is 0 Å². The highest BCUT2D eigenvalue weighted by molar-refractivity contribution is 5.87. The number of benzene rings is 2. The Balaban J connectivity index is 1.48. The second-order valence-electron chi connectivity index (χ2n) is 8.06. The summed E-state index contributed by atoms with van der Waals surface area (Å²) in [5.74, 6) is 2.17. The van der Waals surface area contributed by atoms with Crippen molar-refractivity contribution in [1.29, 1.82) is 5.26 Å². The average Bonchev–Trinajstić information content (AvgIpc) is 3.10. The van der Waals surface area contributed by atoms with E-state index in [1.165, 1.54) is 7.11 Å². The number of aromatic nitrogens is 3. The molecule has 0 spiro atoms. The van der Waals surface area contributed by atoms with Crippen LogP contribution >= 0.6 is 0 Å². The van der Waals surface area contributed by atoms with E-state index in [9.17, 15) is 10.1 Å². The molecular formula is C26H26N4O4. The van der Waals surface area contributed by atoms with Crippen molar-refractivity contribution in [3.63, 3.8) is 0 Å². The number of fused-ring (bicyclic) bond motifs is 1. The van der Waals surface area contributed by atoms with Gasteiger partial charge in [0.15, 0.2) is 23.9 Å². The molecule has 0 N–H and O–H groups in total. The highest BCUT2D eigenvalue weighted by atomic mass is 16.6. The molecule has 174 valence electrons. The number of nitriles is 1. The summed E-state index contributed by atoms with van der Waals surface area (Å²) in [6.45, 7) is 2.55. The van der Waals surface area contributed by atoms with Gasteiger partial charge in [-0.3, -0.25) is 0 Å². The minimum Gasteiger partial charge on any atom is -0.493 e. The zero-order chi connectivity index (χ0) is 23.9. The molecule has 2 aromatic carbocycles. The van der Waals surface area contributed by atoms with Gasteiger partial charge < -0.3 is 18.8 Å². The number of hydrogen-bond donors (Lipinski definition) is 0. The molecule has 0 atom stereocenters. The van der Waals surface area contributed by atoms with Crippen molar-refractivity contribution < 1.29 is 19.0 Å². The van der Waals surface area contributed by atoms with Gasteiger partial charge in [0.25, 0.3) is 0 Å². The van der Waals surface area contributed by atoms with E-state index in [2.05, 4.69) is 16.3 Å². The van der Waals surface area contributed by atoms with Gasteiger partial charge in [-0.15, -0.1) is 10.2 Å². The third-order valence-electron chi connectivity index (χ3n) is 5.57. The van der Waals surface area contributed by atoms with Crippen molar-refractivity contribution in [3.05, 3.63) is 65.2 Å². The summed E-state index contributed by atoms with van der Waals surface area (Å²) >= 11 is 0. The summed E-state index contributed by atoms with van der Waals surface area (Å²) < 4.78 is 18.4. The molecule has 1 aromatic heterocycles. The maximum atomic E-state index is 12.3. The quantitative estimate of drug-likeness (QED) is 0.294. The van der Waals surface area contributed by atoms with Gasteiger partial charge in [-0.05, 0) is 55.7 Å². The van der Waals surface area contributed by atoms with Crippen LogP contribution in [-0.4, -0.2) is 34.5 Å². The summed E-state index contributed by atoms with van der Waals surface area (Å²) in [4.78, 5) is 12.3. The number of hydrogen-bond acceptors (Lipinski definition) is 7. The van der Waals surface area contributed by atoms with Crippen molar-refractivity contribution in [1.82, 2.24) is 14.8 Å². The minimum atomic E-state index is -0.550. The molecule has 0 bridgehead atoms. The Kier molecular flexibility index (Phi) is 7.23. The molecular weight excluding hydrogens is 432 g/mol. The lowest BCUT2D eigenvalue weighted by Crippen LogP contribution is -2.18. The van der Waals surface area contributed by atoms with E-state index in [4.69, 9.17) is 14.2 Å². The molecule has 1 aliphatic heterocycles. The molecule has 0 radical (unpaired) electrons. The second kappa shape index (κ2) is 10.7. The molecule has 0 saturated carbocycles. The van der Waals surface area contributed by atoms with Gasteiger partial charge in [-0.25, -0.2) is 4.79 Å². The average molecular weight is 459 g/mol. The summed E-state index contributed by atoms with van der Waals surface area (Å²) in [6.07, 6.45) is 5.86. The van der Waals surface area contributed by atoms with E-state index >= 15 is 0 Å². The highest BCUT2D eigenvalue weighted by Gasteiger charge is 2.18. The SMILES string of the molecule is COc1cc(/C=C(\C#N)c2nnc3n2CCCCC3)ccc1OC(=O)COc1ccc(C)cc1. The number of carbonyl (C=O) groups excluding carboxylic acids is 1. The van der Waals surface area contributed by atoms with Gasteiger partial charge in [0.05, 0.1) is 12.7 Å². The van der Waals surface area contributed by atoms with Gasteiger partial charge in [-0.2, -0.15) is 5.26 Å². The van der Waals surface area contributed by atoms with Gasteiger partial charge >= 0.3 is 5.97 Å². The van der Waals surface area contributed by atoms with Crippen LogP contribution in [0.2, 0.25) is 0 Å². The van der Waals surface area contributed by atoms with Gasteiger partial charge in [-0.1, -0.05) is 30.2 Å². The molecule has 3 aromatic rings. The molecule has 2 heterocycles. The largest absolute Gasteiger partial charge is 0.493 e. The smallest absolute Gasteiger partial charge is 0.349 e. The predicted octanol–water partition coefficient (Wildman–Crippen LogP) is 4.37. The van der Waals surface area contributed by atoms with Crippen LogP contribution in [0.5, 0.6) is 17.2 Å². The van der Waals surface area contributed by atoms with E-state index in [0.717, 1.165) is 49.2 Å². The Labute approximate surface area is 198 Å². The number of ether oxygens (including phenoxy) is 3. The molecule has 0 unspecified atom stereocenters. The first-order valence-electron chi connectivity index (χ1n) is 11.2. The Morgan fingerprint density at radius 2 is 1.94 bits per heavy atom. The summed E-state index contributed by atoms with van der Waals surface area (Å²) in [7, 11) is 1.49. The highest BCUT2D eigenvalue weighted by Crippen LogP contribution is 2.30. The molecule has 0 fully saturated rings. The van der Waals surface area contributed by atoms with Crippen molar-refractivity contribution in [2.45, 2.75) is 39.2 Å². The Morgan fingerprint density at radius 1 is 1.12 bits per heavy atom. The molecule has 0 aliphatic carbocycles. The van der Waals surface area contributed by atoms with E-state index in [0.29, 0.717) is 22.9 Å². The van der Waals surface area contributed by atoms with Crippen LogP contribution in [-0.2, 0) is 17.8 Å². The number of rotatable bonds is 7. The van der Waals surface area contributed by atoms with Crippen LogP contribution in [0.3, 0.4) is 0 Å². The predicted molar refractivity (Wildman–Crippen MR) is 126 cm³/mol. The summed E-state index contributed by atoms with van der Waals surface area (Å²) in [5, 5.41) is 18.3. The van der Waals surface area contributed by atoms with E-state index in [-0.39, 0.29) is 12.4 Å². The summed E-state index contributed by atoms with van der Waals surface area (Å²) in [6, 6.07) is 14.7. The first kappa shape index (κ1) is 23.1. The number of methoxy groups -OCH3 is 1. The Hall–Kier alpha value is -4.12. The maximum Gasteiger partial charge on any atom is 0.349 e. The third kappa shape index (κ3) is 5.44. The zero-order valence-electron chi connectivity index (χ0n) is 19.3. The molecule has 0 amide bonds. The Bertz CT molecular complexity index is 1240. The second-order valence-corrected chi connectivity index (χ2v) is 8.06. The fraction of sp³-hybridized carbons (Fsp3) is 0.308. The fourth-order valence-corrected chi connectivity index (χ4v) is 3.78. The lowest BCUT2D eigenvalue weighted by Gasteiger charge is -2.11. The van der Waals surface area contributed by atoms with E-state index in [1.807, 2.05) is 23.6 Å². The van der Waals surface area contributed by atoms with Crippen molar-refractivity contribution >= 4 is 17.6 Å². The fourth-order valence-electron chi connectivity index (χ4n) is 3.78. The zero-order valence-corrected chi connectivity index (χ0v) is 19.3. The van der Waals surface area contributed by atoms with Crippen LogP contribution in [0.15, 0.2) is 42.5 Å². The number of nitrogens with zero attached hydrogens (tertiary/aromatic N) is 4. The van der Waals surface area contributed by atoms with Gasteiger partial charge in [0.1, 0.15) is 17.6 Å². The molecule has 34 heavy (non-hydrogen) atoms. The van der Waals surface area contributed by atoms with Gasteiger partial charge in [0.2, 0.25) is 0 Å². The number of carbonyl (C=O) groups is 1. The topological polar surface area (TPSA) is 99.3 Å². The van der Waals surface area contributed by atoms with Crippen molar-refractivity contribution in [3.8, 4) is 23.3 Å². The first-order chi connectivity index (χ1) is 16.6. The third-order valence-corrected chi connectivity index (χ3v) is 5.57. The number of allylic oxidation sites excluding steroid dienone is 1. The van der Waals surface area contributed by atoms with E-state index < -0.39 is 5.97 Å². The van der Waals surface area contributed by atoms with Crippen LogP contribution in [0.4, 0.5) is 0 Å². The lowest BCUT2D eigenvalue weighted by molar-refractivity contribution is -0.136. The molecule has 0 saturated heterocycles. The van der Waals surface area contributed by atoms with Gasteiger partial charge in [0, 0.05) is 13.0 Å². The lowest BCUT2D eigenvalue weighted by atomic mass is 10.1. The van der Waals surface area contributed by atoms with Crippen LogP contribution in [0, 0.1) is 18.3 Å². The normalized spacial score (nSPS) is 13.4. The molecule has 8 nitrogen and oxygen atoms in total. The molecule has 4 rings (SSSR count).